The van der Waals surface area contributed by atoms with Crippen LogP contribution in [0.2, 0.25) is 0 Å². The van der Waals surface area contributed by atoms with Gasteiger partial charge >= 0.3 is 0 Å². The Morgan fingerprint density at radius 1 is 1.33 bits per heavy atom. The number of nitrogens with zero attached hydrogens (tertiary/aromatic N) is 3. The van der Waals surface area contributed by atoms with Gasteiger partial charge in [0.1, 0.15) is 5.75 Å². The predicted octanol–water partition coefficient (Wildman–Crippen LogP) is 1.71. The van der Waals surface area contributed by atoms with E-state index in [0.29, 0.717) is 18.1 Å². The maximum absolute atomic E-state index is 6.06. The smallest absolute Gasteiger partial charge is 0.244 e. The van der Waals surface area contributed by atoms with Gasteiger partial charge in [0, 0.05) is 23.9 Å². The van der Waals surface area contributed by atoms with E-state index in [2.05, 4.69) is 20.1 Å². The molecule has 2 aromatic heterocycles. The van der Waals surface area contributed by atoms with Crippen molar-refractivity contribution in [2.24, 2.45) is 5.73 Å². The molecule has 0 unspecified atom stereocenters. The highest BCUT2D eigenvalue weighted by Crippen LogP contribution is 2.21. The molecular weight excluding hydrogens is 270 g/mol. The Balaban J connectivity index is 1.75. The molecule has 0 fully saturated rings. The van der Waals surface area contributed by atoms with Crippen molar-refractivity contribution in [3.05, 3.63) is 48.4 Å². The summed E-state index contributed by atoms with van der Waals surface area (Å²) in [6.07, 6.45) is 3.89. The molecule has 3 rings (SSSR count). The van der Waals surface area contributed by atoms with Crippen LogP contribution in [0.5, 0.6) is 5.75 Å². The van der Waals surface area contributed by atoms with Crippen molar-refractivity contribution >= 4 is 0 Å². The minimum Gasteiger partial charge on any atom is -0.497 e. The monoisotopic (exact) mass is 285 g/mol. The van der Waals surface area contributed by atoms with Gasteiger partial charge in [0.25, 0.3) is 0 Å². The summed E-state index contributed by atoms with van der Waals surface area (Å²) < 4.78 is 10.3. The minimum atomic E-state index is -0.370. The van der Waals surface area contributed by atoms with Crippen LogP contribution in [0.25, 0.3) is 11.4 Å². The molecule has 1 aromatic carbocycles. The quantitative estimate of drug-likeness (QED) is 0.739. The van der Waals surface area contributed by atoms with Gasteiger partial charge in [-0.1, -0.05) is 5.16 Å². The third kappa shape index (κ3) is 2.92. The van der Waals surface area contributed by atoms with E-state index >= 15 is 0 Å². The highest BCUT2D eigenvalue weighted by Gasteiger charge is 2.16. The molecular formula is C14H15N5O2. The van der Waals surface area contributed by atoms with E-state index in [4.69, 9.17) is 15.0 Å². The summed E-state index contributed by atoms with van der Waals surface area (Å²) >= 11 is 0. The fourth-order valence-electron chi connectivity index (χ4n) is 1.96. The Morgan fingerprint density at radius 2 is 2.14 bits per heavy atom. The summed E-state index contributed by atoms with van der Waals surface area (Å²) in [4.78, 5) is 11.3. The number of methoxy groups -OCH3 is 1. The lowest BCUT2D eigenvalue weighted by atomic mass is 10.2. The van der Waals surface area contributed by atoms with E-state index in [0.717, 1.165) is 17.0 Å². The minimum absolute atomic E-state index is 0.370. The zero-order chi connectivity index (χ0) is 14.7. The predicted molar refractivity (Wildman–Crippen MR) is 75.5 cm³/mol. The van der Waals surface area contributed by atoms with Crippen molar-refractivity contribution in [3.8, 4) is 17.1 Å². The maximum atomic E-state index is 6.06. The highest BCUT2D eigenvalue weighted by molar-refractivity contribution is 5.55. The number of nitrogens with one attached hydrogen (secondary N) is 1. The summed E-state index contributed by atoms with van der Waals surface area (Å²) in [7, 11) is 1.62. The number of imidazole rings is 1. The molecule has 7 heteroatoms. The number of hydrogen-bond donors (Lipinski definition) is 2. The van der Waals surface area contributed by atoms with Gasteiger partial charge in [0.2, 0.25) is 11.7 Å². The van der Waals surface area contributed by atoms with Crippen LogP contribution in [0.4, 0.5) is 0 Å². The number of ether oxygens (including phenoxy) is 1. The van der Waals surface area contributed by atoms with Gasteiger partial charge in [-0.25, -0.2) is 4.98 Å². The van der Waals surface area contributed by atoms with Crippen LogP contribution < -0.4 is 10.5 Å². The van der Waals surface area contributed by atoms with Gasteiger partial charge in [0.15, 0.2) is 0 Å². The van der Waals surface area contributed by atoms with E-state index < -0.39 is 0 Å². The van der Waals surface area contributed by atoms with Gasteiger partial charge in [-0.15, -0.1) is 0 Å². The summed E-state index contributed by atoms with van der Waals surface area (Å²) in [6, 6.07) is 7.05. The Bertz CT molecular complexity index is 690. The first-order chi connectivity index (χ1) is 10.3. The zero-order valence-electron chi connectivity index (χ0n) is 11.5. The SMILES string of the molecule is COc1ccc(-c2noc([C@H](N)Cc3cnc[nH]3)n2)cc1. The lowest BCUT2D eigenvalue weighted by molar-refractivity contribution is 0.354. The number of benzene rings is 1. The van der Waals surface area contributed by atoms with Gasteiger partial charge in [0.05, 0.1) is 19.5 Å². The van der Waals surface area contributed by atoms with Gasteiger partial charge < -0.3 is 20.0 Å². The molecule has 1 atom stereocenters. The first kappa shape index (κ1) is 13.3. The van der Waals surface area contributed by atoms with Crippen molar-refractivity contribution < 1.29 is 9.26 Å². The Labute approximate surface area is 121 Å². The van der Waals surface area contributed by atoms with E-state index in [-0.39, 0.29) is 6.04 Å². The van der Waals surface area contributed by atoms with Crippen LogP contribution in [-0.4, -0.2) is 27.2 Å². The number of aromatic amines is 1. The lowest BCUT2D eigenvalue weighted by Gasteiger charge is -2.03. The van der Waals surface area contributed by atoms with Crippen molar-refractivity contribution in [2.45, 2.75) is 12.5 Å². The van der Waals surface area contributed by atoms with E-state index in [1.807, 2.05) is 24.3 Å². The molecule has 0 amide bonds. The van der Waals surface area contributed by atoms with Crippen molar-refractivity contribution in [1.29, 1.82) is 0 Å². The number of hydrogen-bond acceptors (Lipinski definition) is 6. The van der Waals surface area contributed by atoms with E-state index in [1.165, 1.54) is 0 Å². The van der Waals surface area contributed by atoms with E-state index in [9.17, 15) is 0 Å². The number of nitrogens with two attached hydrogens (primary N) is 1. The standard InChI is InChI=1S/C14H15N5O2/c1-20-11-4-2-9(3-5-11)13-18-14(21-19-13)12(15)6-10-7-16-8-17-10/h2-5,7-8,12H,6,15H2,1H3,(H,16,17)/t12-/m1/s1. The maximum Gasteiger partial charge on any atom is 0.244 e. The van der Waals surface area contributed by atoms with Crippen LogP contribution in [-0.2, 0) is 6.42 Å². The van der Waals surface area contributed by atoms with Crippen molar-refractivity contribution in [3.63, 3.8) is 0 Å². The average molecular weight is 285 g/mol. The van der Waals surface area contributed by atoms with Crippen LogP contribution in [0.3, 0.4) is 0 Å². The first-order valence-corrected chi connectivity index (χ1v) is 6.47. The second-order valence-corrected chi connectivity index (χ2v) is 4.57. The lowest BCUT2D eigenvalue weighted by Crippen LogP contribution is -2.13. The fraction of sp³-hybridized carbons (Fsp3) is 0.214. The zero-order valence-corrected chi connectivity index (χ0v) is 11.5. The molecule has 21 heavy (non-hydrogen) atoms. The van der Waals surface area contributed by atoms with Crippen molar-refractivity contribution in [2.75, 3.05) is 7.11 Å². The van der Waals surface area contributed by atoms with Gasteiger partial charge in [-0.05, 0) is 24.3 Å². The second kappa shape index (κ2) is 5.76. The van der Waals surface area contributed by atoms with Gasteiger partial charge in [-0.3, -0.25) is 0 Å². The normalized spacial score (nSPS) is 12.3. The molecule has 3 N–H and O–H groups in total. The average Bonchev–Trinajstić information content (AvgIpc) is 3.18. The number of H-pyrrole nitrogens is 1. The first-order valence-electron chi connectivity index (χ1n) is 6.47. The Hall–Kier alpha value is -2.67. The van der Waals surface area contributed by atoms with Gasteiger partial charge in [-0.2, -0.15) is 4.98 Å². The summed E-state index contributed by atoms with van der Waals surface area (Å²) in [5, 5.41) is 3.96. The highest BCUT2D eigenvalue weighted by atomic mass is 16.5. The van der Waals surface area contributed by atoms with Crippen LogP contribution in [0, 0.1) is 0 Å². The molecule has 108 valence electrons. The molecule has 3 aromatic rings. The number of aromatic nitrogens is 4. The fourth-order valence-corrected chi connectivity index (χ4v) is 1.96. The molecule has 0 aliphatic rings. The molecule has 2 heterocycles. The molecule has 7 nitrogen and oxygen atoms in total. The summed E-state index contributed by atoms with van der Waals surface area (Å²) in [5.41, 5.74) is 7.83. The largest absolute Gasteiger partial charge is 0.497 e. The molecule has 0 bridgehead atoms. The Morgan fingerprint density at radius 3 is 2.81 bits per heavy atom. The molecule has 0 radical (unpaired) electrons. The molecule has 0 saturated carbocycles. The molecule has 0 spiro atoms. The third-order valence-corrected chi connectivity index (χ3v) is 3.10. The second-order valence-electron chi connectivity index (χ2n) is 4.57. The van der Waals surface area contributed by atoms with Crippen LogP contribution in [0.1, 0.15) is 17.6 Å². The number of rotatable bonds is 5. The van der Waals surface area contributed by atoms with Crippen molar-refractivity contribution in [1.82, 2.24) is 20.1 Å². The van der Waals surface area contributed by atoms with Crippen LogP contribution >= 0.6 is 0 Å². The molecule has 0 saturated heterocycles. The topological polar surface area (TPSA) is 103 Å². The molecule has 0 aliphatic carbocycles. The summed E-state index contributed by atoms with van der Waals surface area (Å²) in [5.74, 6) is 1.68. The summed E-state index contributed by atoms with van der Waals surface area (Å²) in [6.45, 7) is 0. The molecule has 0 aliphatic heterocycles. The van der Waals surface area contributed by atoms with Crippen LogP contribution in [0.15, 0.2) is 41.3 Å². The van der Waals surface area contributed by atoms with E-state index in [1.54, 1.807) is 19.6 Å². The third-order valence-electron chi connectivity index (χ3n) is 3.10. The Kier molecular flexibility index (Phi) is 3.65.